The lowest BCUT2D eigenvalue weighted by Crippen LogP contribution is -2.53. The van der Waals surface area contributed by atoms with Crippen LogP contribution in [0.5, 0.6) is 0 Å². The van der Waals surface area contributed by atoms with E-state index < -0.39 is 51.9 Å². The quantitative estimate of drug-likeness (QED) is 0.243. The van der Waals surface area contributed by atoms with Crippen LogP contribution in [0.2, 0.25) is 5.02 Å². The fraction of sp³-hybridized carbons (Fsp3) is 0.355. The van der Waals surface area contributed by atoms with Gasteiger partial charge in [0.15, 0.2) is 0 Å². The highest BCUT2D eigenvalue weighted by Crippen LogP contribution is 2.37. The molecule has 0 aromatic heterocycles. The van der Waals surface area contributed by atoms with Gasteiger partial charge >= 0.3 is 6.18 Å². The fourth-order valence-corrected chi connectivity index (χ4v) is 6.08. The summed E-state index contributed by atoms with van der Waals surface area (Å²) < 4.78 is 69.4. The van der Waals surface area contributed by atoms with Gasteiger partial charge in [-0.15, -0.1) is 0 Å². The van der Waals surface area contributed by atoms with Gasteiger partial charge in [0.05, 0.1) is 21.2 Å². The molecule has 7 nitrogen and oxygen atoms in total. The molecule has 43 heavy (non-hydrogen) atoms. The first kappa shape index (κ1) is 33.9. The zero-order chi connectivity index (χ0) is 31.9. The van der Waals surface area contributed by atoms with Gasteiger partial charge < -0.3 is 10.2 Å². The van der Waals surface area contributed by atoms with Crippen LogP contribution < -0.4 is 9.62 Å². The number of carbonyl (C=O) groups excluding carboxylic acids is 2. The smallest absolute Gasteiger partial charge is 0.352 e. The number of benzene rings is 3. The summed E-state index contributed by atoms with van der Waals surface area (Å²) in [6.07, 6.45) is -3.95. The van der Waals surface area contributed by atoms with Gasteiger partial charge in [0.2, 0.25) is 11.8 Å². The number of carbonyl (C=O) groups is 2. The number of hydrogen-bond acceptors (Lipinski definition) is 4. The molecule has 12 heteroatoms. The molecule has 0 saturated heterocycles. The third-order valence-electron chi connectivity index (χ3n) is 7.01. The van der Waals surface area contributed by atoms with Crippen molar-refractivity contribution in [3.8, 4) is 0 Å². The first-order chi connectivity index (χ1) is 20.2. The minimum Gasteiger partial charge on any atom is -0.352 e. The van der Waals surface area contributed by atoms with Crippen LogP contribution in [-0.4, -0.2) is 43.8 Å². The normalized spacial score (nSPS) is 13.2. The molecule has 0 radical (unpaired) electrons. The topological polar surface area (TPSA) is 86.8 Å². The zero-order valence-corrected chi connectivity index (χ0v) is 25.9. The van der Waals surface area contributed by atoms with Gasteiger partial charge in [-0.05, 0) is 62.6 Å². The number of rotatable bonds is 12. The molecule has 3 aromatic rings. The number of sulfonamides is 1. The molecular formula is C31H35ClF3N3O4S. The number of amides is 2. The predicted octanol–water partition coefficient (Wildman–Crippen LogP) is 6.58. The van der Waals surface area contributed by atoms with Gasteiger partial charge in [-0.1, -0.05) is 73.5 Å². The van der Waals surface area contributed by atoms with Crippen molar-refractivity contribution in [2.75, 3.05) is 10.8 Å². The standard InChI is InChI=1S/C31H35ClF3N3O4S/c1-5-22(4)36-30(40)27(6-2)37(19-23-14-12-21(3)13-15-23)29(39)20-38(43(41,42)25-10-8-7-9-11-25)28-18-24(31(33,34)35)16-17-26(28)32/h7-18,22,27H,5-6,19-20H2,1-4H3,(H,36,40)/t22-,27-/m0/s1. The molecule has 232 valence electrons. The van der Waals surface area contributed by atoms with Crippen LogP contribution in [0.25, 0.3) is 0 Å². The molecule has 2 atom stereocenters. The number of alkyl halides is 3. The number of anilines is 1. The maximum atomic E-state index is 14.1. The highest BCUT2D eigenvalue weighted by Gasteiger charge is 2.37. The van der Waals surface area contributed by atoms with Gasteiger partial charge in [-0.3, -0.25) is 13.9 Å². The number of aryl methyl sites for hydroxylation is 1. The van der Waals surface area contributed by atoms with E-state index in [0.717, 1.165) is 17.7 Å². The zero-order valence-electron chi connectivity index (χ0n) is 24.4. The van der Waals surface area contributed by atoms with Crippen molar-refractivity contribution in [1.82, 2.24) is 10.2 Å². The molecule has 0 heterocycles. The summed E-state index contributed by atoms with van der Waals surface area (Å²) >= 11 is 6.29. The van der Waals surface area contributed by atoms with Crippen LogP contribution in [0.1, 0.15) is 50.3 Å². The van der Waals surface area contributed by atoms with Crippen molar-refractivity contribution in [1.29, 1.82) is 0 Å². The van der Waals surface area contributed by atoms with Crippen molar-refractivity contribution in [3.05, 3.63) is 94.5 Å². The molecule has 0 saturated carbocycles. The summed E-state index contributed by atoms with van der Waals surface area (Å²) in [5.74, 6) is -1.22. The summed E-state index contributed by atoms with van der Waals surface area (Å²) in [5.41, 5.74) is 0.00961. The van der Waals surface area contributed by atoms with Crippen LogP contribution in [0.3, 0.4) is 0 Å². The van der Waals surface area contributed by atoms with Crippen LogP contribution in [0.4, 0.5) is 18.9 Å². The number of nitrogens with zero attached hydrogens (tertiary/aromatic N) is 2. The van der Waals surface area contributed by atoms with Crippen LogP contribution >= 0.6 is 11.6 Å². The van der Waals surface area contributed by atoms with Crippen molar-refractivity contribution in [3.63, 3.8) is 0 Å². The lowest BCUT2D eigenvalue weighted by molar-refractivity contribution is -0.140. The first-order valence-electron chi connectivity index (χ1n) is 13.8. The average molecular weight is 638 g/mol. The van der Waals surface area contributed by atoms with Crippen molar-refractivity contribution in [2.45, 2.75) is 70.2 Å². The number of hydrogen-bond donors (Lipinski definition) is 1. The second-order valence-electron chi connectivity index (χ2n) is 10.2. The SMILES string of the molecule is CC[C@H](C)NC(=O)[C@H](CC)N(Cc1ccc(C)cc1)C(=O)CN(c1cc(C(F)(F)F)ccc1Cl)S(=O)(=O)c1ccccc1. The predicted molar refractivity (Wildman–Crippen MR) is 161 cm³/mol. The van der Waals surface area contributed by atoms with Gasteiger partial charge in [-0.25, -0.2) is 8.42 Å². The Morgan fingerprint density at radius 3 is 2.14 bits per heavy atom. The molecular weight excluding hydrogens is 603 g/mol. The number of nitrogens with one attached hydrogen (secondary N) is 1. The molecule has 0 aliphatic carbocycles. The van der Waals surface area contributed by atoms with E-state index in [9.17, 15) is 31.2 Å². The summed E-state index contributed by atoms with van der Waals surface area (Å²) in [4.78, 5) is 28.5. The van der Waals surface area contributed by atoms with Gasteiger partial charge in [0.1, 0.15) is 12.6 Å². The highest BCUT2D eigenvalue weighted by molar-refractivity contribution is 7.92. The Morgan fingerprint density at radius 2 is 1.58 bits per heavy atom. The summed E-state index contributed by atoms with van der Waals surface area (Å²) in [7, 11) is -4.59. The van der Waals surface area contributed by atoms with Gasteiger partial charge in [0.25, 0.3) is 10.0 Å². The number of halogens is 4. The Morgan fingerprint density at radius 1 is 0.953 bits per heavy atom. The van der Waals surface area contributed by atoms with Crippen molar-refractivity contribution >= 4 is 39.1 Å². The van der Waals surface area contributed by atoms with Crippen molar-refractivity contribution < 1.29 is 31.2 Å². The van der Waals surface area contributed by atoms with E-state index in [2.05, 4.69) is 5.32 Å². The first-order valence-corrected chi connectivity index (χ1v) is 15.6. The fourth-order valence-electron chi connectivity index (χ4n) is 4.36. The van der Waals surface area contributed by atoms with E-state index in [0.29, 0.717) is 22.4 Å². The van der Waals surface area contributed by atoms with E-state index >= 15 is 0 Å². The summed E-state index contributed by atoms with van der Waals surface area (Å²) in [6.45, 7) is 6.38. The largest absolute Gasteiger partial charge is 0.416 e. The molecule has 1 N–H and O–H groups in total. The van der Waals surface area contributed by atoms with Gasteiger partial charge in [0, 0.05) is 12.6 Å². The third-order valence-corrected chi connectivity index (χ3v) is 9.11. The van der Waals surface area contributed by atoms with Crippen LogP contribution in [-0.2, 0) is 32.3 Å². The summed E-state index contributed by atoms with van der Waals surface area (Å²) in [5, 5.41) is 2.58. The highest BCUT2D eigenvalue weighted by atomic mass is 35.5. The van der Waals surface area contributed by atoms with E-state index in [1.807, 2.05) is 32.9 Å². The molecule has 0 fully saturated rings. The molecule has 0 aliphatic rings. The summed E-state index contributed by atoms with van der Waals surface area (Å²) in [6, 6.07) is 15.4. The molecule has 0 unspecified atom stereocenters. The molecule has 2 amide bonds. The Balaban J connectivity index is 2.15. The molecule has 0 bridgehead atoms. The van der Waals surface area contributed by atoms with E-state index in [4.69, 9.17) is 11.6 Å². The monoisotopic (exact) mass is 637 g/mol. The maximum absolute atomic E-state index is 14.1. The molecule has 3 rings (SSSR count). The molecule has 3 aromatic carbocycles. The van der Waals surface area contributed by atoms with E-state index in [-0.39, 0.29) is 28.9 Å². The minimum absolute atomic E-state index is 0.0406. The minimum atomic E-state index is -4.80. The van der Waals surface area contributed by atoms with Gasteiger partial charge in [-0.2, -0.15) is 13.2 Å². The molecule has 0 aliphatic heterocycles. The lowest BCUT2D eigenvalue weighted by atomic mass is 10.1. The van der Waals surface area contributed by atoms with E-state index in [1.165, 1.54) is 29.2 Å². The van der Waals surface area contributed by atoms with E-state index in [1.54, 1.807) is 25.1 Å². The lowest BCUT2D eigenvalue weighted by Gasteiger charge is -2.34. The Hall–Kier alpha value is -3.57. The second-order valence-corrected chi connectivity index (χ2v) is 12.5. The Labute approximate surface area is 255 Å². The Kier molecular flexibility index (Phi) is 11.3. The maximum Gasteiger partial charge on any atom is 0.416 e. The molecule has 0 spiro atoms. The van der Waals surface area contributed by atoms with Crippen LogP contribution in [0, 0.1) is 6.92 Å². The average Bonchev–Trinajstić information content (AvgIpc) is 2.96. The third kappa shape index (κ3) is 8.51. The van der Waals surface area contributed by atoms with Crippen LogP contribution in [0.15, 0.2) is 77.7 Å². The second kappa shape index (κ2) is 14.3. The Bertz CT molecular complexity index is 1520. The van der Waals surface area contributed by atoms with Crippen molar-refractivity contribution in [2.24, 2.45) is 0 Å².